The lowest BCUT2D eigenvalue weighted by molar-refractivity contribution is 1.50. The summed E-state index contributed by atoms with van der Waals surface area (Å²) in [5.41, 5.74) is 2.47. The number of fused-ring (bicyclic) bond motifs is 4. The molecule has 0 aromatic heterocycles. The molecule has 0 saturated heterocycles. The molecule has 0 spiro atoms. The topological polar surface area (TPSA) is 0 Å². The standard InChI is InChI=1S/C26H18.2C2H6.CH4/c1-3-8-22-25-15-20-11-6-4-9-18(20)13-23(25)17(2)24-14-19-10-5-7-12-21(19)16-26(22)24;2*1-2;/h4-7,9-16H,1-2H3;2*1-2H3;1H4. The van der Waals surface area contributed by atoms with Crippen LogP contribution in [0.2, 0.25) is 0 Å². The molecule has 0 unspecified atom stereocenters. The Morgan fingerprint density at radius 2 is 0.871 bits per heavy atom. The normalized spacial score (nSPS) is 9.74. The van der Waals surface area contributed by atoms with Gasteiger partial charge in [0, 0.05) is 5.56 Å². The second kappa shape index (κ2) is 10.6. The van der Waals surface area contributed by atoms with Crippen molar-refractivity contribution in [2.45, 2.75) is 49.0 Å². The Morgan fingerprint density at radius 1 is 0.548 bits per heavy atom. The van der Waals surface area contributed by atoms with E-state index in [1.165, 1.54) is 48.7 Å². The van der Waals surface area contributed by atoms with Gasteiger partial charge >= 0.3 is 0 Å². The third kappa shape index (κ3) is 4.28. The summed E-state index contributed by atoms with van der Waals surface area (Å²) in [6.07, 6.45) is 0. The molecule has 0 aliphatic carbocycles. The molecular weight excluding hydrogens is 372 g/mol. The zero-order valence-corrected chi connectivity index (χ0v) is 18.9. The number of hydrogen-bond acceptors (Lipinski definition) is 0. The van der Waals surface area contributed by atoms with Crippen LogP contribution in [0.15, 0.2) is 72.8 Å². The van der Waals surface area contributed by atoms with E-state index in [0.717, 1.165) is 5.56 Å². The molecule has 5 rings (SSSR count). The molecule has 0 aliphatic rings. The van der Waals surface area contributed by atoms with Crippen LogP contribution in [0, 0.1) is 18.8 Å². The minimum atomic E-state index is 0. The zero-order chi connectivity index (χ0) is 21.7. The van der Waals surface area contributed by atoms with Gasteiger partial charge in [-0.3, -0.25) is 0 Å². The summed E-state index contributed by atoms with van der Waals surface area (Å²) in [4.78, 5) is 0. The van der Waals surface area contributed by atoms with Gasteiger partial charge in [0.2, 0.25) is 0 Å². The highest BCUT2D eigenvalue weighted by Gasteiger charge is 2.12. The van der Waals surface area contributed by atoms with Gasteiger partial charge in [-0.25, -0.2) is 0 Å². The molecule has 0 fully saturated rings. The SMILES string of the molecule is C.CC.CC.CC#Cc1c2cc3ccccc3cc2c(C)c2cc3ccccc3cc12. The second-order valence-electron chi connectivity index (χ2n) is 6.86. The predicted octanol–water partition coefficient (Wildman–Crippen LogP) is 9.67. The van der Waals surface area contributed by atoms with E-state index < -0.39 is 0 Å². The molecule has 5 aromatic carbocycles. The van der Waals surface area contributed by atoms with E-state index in [2.05, 4.69) is 91.6 Å². The smallest absolute Gasteiger partial charge is 0.0402 e. The second-order valence-corrected chi connectivity index (χ2v) is 6.86. The van der Waals surface area contributed by atoms with Gasteiger partial charge in [0.05, 0.1) is 0 Å². The van der Waals surface area contributed by atoms with E-state index in [4.69, 9.17) is 0 Å². The minimum absolute atomic E-state index is 0. The van der Waals surface area contributed by atoms with E-state index >= 15 is 0 Å². The van der Waals surface area contributed by atoms with E-state index in [9.17, 15) is 0 Å². The number of aryl methyl sites for hydroxylation is 1. The summed E-state index contributed by atoms with van der Waals surface area (Å²) in [6, 6.07) is 26.4. The van der Waals surface area contributed by atoms with Crippen molar-refractivity contribution < 1.29 is 0 Å². The van der Waals surface area contributed by atoms with Crippen LogP contribution in [-0.4, -0.2) is 0 Å². The first-order valence-electron chi connectivity index (χ1n) is 11.0. The molecule has 31 heavy (non-hydrogen) atoms. The maximum atomic E-state index is 3.40. The van der Waals surface area contributed by atoms with Crippen LogP contribution in [0.25, 0.3) is 43.1 Å². The van der Waals surface area contributed by atoms with Crippen LogP contribution in [0.5, 0.6) is 0 Å². The van der Waals surface area contributed by atoms with Crippen LogP contribution in [0.4, 0.5) is 0 Å². The Balaban J connectivity index is 0.000000647. The van der Waals surface area contributed by atoms with Gasteiger partial charge in [0.25, 0.3) is 0 Å². The van der Waals surface area contributed by atoms with E-state index in [1.807, 2.05) is 34.6 Å². The first kappa shape index (κ1) is 24.0. The van der Waals surface area contributed by atoms with Crippen molar-refractivity contribution in [2.75, 3.05) is 0 Å². The molecule has 0 bridgehead atoms. The van der Waals surface area contributed by atoms with E-state index in [0.29, 0.717) is 0 Å². The monoisotopic (exact) mass is 406 g/mol. The Labute approximate surface area is 187 Å². The van der Waals surface area contributed by atoms with Crippen LogP contribution in [0.1, 0.15) is 53.2 Å². The molecule has 158 valence electrons. The van der Waals surface area contributed by atoms with Gasteiger partial charge in [-0.2, -0.15) is 0 Å². The Morgan fingerprint density at radius 3 is 1.19 bits per heavy atom. The molecule has 0 nitrogen and oxygen atoms in total. The van der Waals surface area contributed by atoms with Crippen molar-refractivity contribution in [1.82, 2.24) is 0 Å². The van der Waals surface area contributed by atoms with Crippen LogP contribution in [0.3, 0.4) is 0 Å². The summed E-state index contributed by atoms with van der Waals surface area (Å²) < 4.78 is 0. The summed E-state index contributed by atoms with van der Waals surface area (Å²) >= 11 is 0. The lowest BCUT2D eigenvalue weighted by atomic mass is 9.89. The fraction of sp³-hybridized carbons (Fsp3) is 0.226. The number of hydrogen-bond donors (Lipinski definition) is 0. The average Bonchev–Trinajstić information content (AvgIpc) is 2.82. The third-order valence-electron chi connectivity index (χ3n) is 5.37. The lowest BCUT2D eigenvalue weighted by Gasteiger charge is -2.14. The summed E-state index contributed by atoms with van der Waals surface area (Å²) in [5.74, 6) is 6.53. The van der Waals surface area contributed by atoms with Crippen molar-refractivity contribution in [3.63, 3.8) is 0 Å². The highest BCUT2D eigenvalue weighted by atomic mass is 14.1. The van der Waals surface area contributed by atoms with Crippen molar-refractivity contribution in [1.29, 1.82) is 0 Å². The van der Waals surface area contributed by atoms with Crippen LogP contribution >= 0.6 is 0 Å². The molecule has 0 amide bonds. The first-order chi connectivity index (χ1) is 14.8. The van der Waals surface area contributed by atoms with E-state index in [1.54, 1.807) is 0 Å². The molecule has 0 heteroatoms. The molecule has 0 atom stereocenters. The van der Waals surface area contributed by atoms with Gasteiger partial charge < -0.3 is 0 Å². The van der Waals surface area contributed by atoms with Gasteiger partial charge in [-0.15, -0.1) is 5.92 Å². The first-order valence-corrected chi connectivity index (χ1v) is 11.0. The molecule has 0 N–H and O–H groups in total. The Bertz CT molecular complexity index is 1300. The quantitative estimate of drug-likeness (QED) is 0.177. The minimum Gasteiger partial charge on any atom is -0.101 e. The highest BCUT2D eigenvalue weighted by molar-refractivity contribution is 6.14. The van der Waals surface area contributed by atoms with Crippen molar-refractivity contribution >= 4 is 43.1 Å². The summed E-state index contributed by atoms with van der Waals surface area (Å²) in [7, 11) is 0. The van der Waals surface area contributed by atoms with Crippen molar-refractivity contribution in [3.05, 3.63) is 83.9 Å². The molecule has 0 radical (unpaired) electrons. The highest BCUT2D eigenvalue weighted by Crippen LogP contribution is 2.36. The largest absolute Gasteiger partial charge is 0.101 e. The molecular formula is C31H34. The molecule has 5 aromatic rings. The Kier molecular flexibility index (Phi) is 8.23. The van der Waals surface area contributed by atoms with Crippen LogP contribution < -0.4 is 0 Å². The molecule has 0 heterocycles. The maximum absolute atomic E-state index is 3.40. The summed E-state index contributed by atoms with van der Waals surface area (Å²) in [5, 5.41) is 10.2. The van der Waals surface area contributed by atoms with Crippen molar-refractivity contribution in [3.8, 4) is 11.8 Å². The Hall–Kier alpha value is -3.30. The van der Waals surface area contributed by atoms with Gasteiger partial charge in [0.1, 0.15) is 0 Å². The fourth-order valence-corrected chi connectivity index (χ4v) is 4.06. The summed E-state index contributed by atoms with van der Waals surface area (Å²) in [6.45, 7) is 12.1. The fourth-order valence-electron chi connectivity index (χ4n) is 4.06. The van der Waals surface area contributed by atoms with Gasteiger partial charge in [-0.1, -0.05) is 89.6 Å². The zero-order valence-electron chi connectivity index (χ0n) is 18.9. The van der Waals surface area contributed by atoms with Gasteiger partial charge in [0.15, 0.2) is 0 Å². The lowest BCUT2D eigenvalue weighted by Crippen LogP contribution is -1.90. The molecule has 0 saturated carbocycles. The predicted molar refractivity (Wildman–Crippen MR) is 143 cm³/mol. The van der Waals surface area contributed by atoms with Crippen LogP contribution in [-0.2, 0) is 0 Å². The van der Waals surface area contributed by atoms with Crippen molar-refractivity contribution in [2.24, 2.45) is 0 Å². The molecule has 0 aliphatic heterocycles. The number of rotatable bonds is 0. The number of benzene rings is 5. The maximum Gasteiger partial charge on any atom is 0.0402 e. The van der Waals surface area contributed by atoms with E-state index in [-0.39, 0.29) is 7.43 Å². The average molecular weight is 407 g/mol. The third-order valence-corrected chi connectivity index (χ3v) is 5.37. The van der Waals surface area contributed by atoms with Gasteiger partial charge in [-0.05, 0) is 86.8 Å².